The number of ether oxygens (including phenoxy) is 2. The Balaban J connectivity index is 1.16. The number of carbonyl (C=O) groups excluding carboxylic acids is 1. The molecule has 0 aromatic carbocycles. The summed E-state index contributed by atoms with van der Waals surface area (Å²) in [4.78, 5) is 42.6. The van der Waals surface area contributed by atoms with Gasteiger partial charge in [-0.25, -0.2) is 38.3 Å². The number of aliphatic imine (C=N–C) groups is 1. The number of nitrogens with two attached hydrogens (primary N) is 1. The highest BCUT2D eigenvalue weighted by atomic mass is 32.2. The van der Waals surface area contributed by atoms with Crippen LogP contribution in [0.1, 0.15) is 35.8 Å². The lowest BCUT2D eigenvalue weighted by molar-refractivity contribution is -0.0499. The Hall–Kier alpha value is -3.30. The summed E-state index contributed by atoms with van der Waals surface area (Å²) in [6.07, 6.45) is -9.87. The van der Waals surface area contributed by atoms with E-state index in [1.807, 2.05) is 0 Å². The Kier molecular flexibility index (Phi) is 7.12. The molecule has 3 aromatic heterocycles. The highest BCUT2D eigenvalue weighted by Crippen LogP contribution is 2.51. The number of phosphoric acid groups is 1. The zero-order valence-electron chi connectivity index (χ0n) is 22.2. The number of aromatic nitrogens is 6. The average molecular weight is 661 g/mol. The van der Waals surface area contributed by atoms with Crippen molar-refractivity contribution < 1.29 is 54.2 Å². The highest BCUT2D eigenvalue weighted by Gasteiger charge is 2.54. The topological polar surface area (TPSA) is 234 Å². The molecular weight excluding hydrogens is 637 g/mol. The molecule has 0 spiro atoms. The summed E-state index contributed by atoms with van der Waals surface area (Å²) in [5.74, 6) is -1.17. The molecule has 18 nitrogen and oxygen atoms in total. The molecule has 3 N–H and O–H groups in total. The van der Waals surface area contributed by atoms with Crippen LogP contribution in [0, 0.1) is 0 Å². The van der Waals surface area contributed by atoms with E-state index in [0.29, 0.717) is 0 Å². The predicted molar refractivity (Wildman–Crippen MR) is 141 cm³/mol. The third kappa shape index (κ3) is 5.02. The number of phosphoric ester groups is 1. The number of nitrogen functional groups attached to an aromatic ring is 1. The predicted octanol–water partition coefficient (Wildman–Crippen LogP) is 0.686. The summed E-state index contributed by atoms with van der Waals surface area (Å²) in [5, 5.41) is 0. The van der Waals surface area contributed by atoms with E-state index in [2.05, 4.69) is 24.9 Å². The second-order valence-corrected chi connectivity index (χ2v) is 13.4. The monoisotopic (exact) mass is 660 g/mol. The molecule has 3 fully saturated rings. The van der Waals surface area contributed by atoms with Crippen molar-refractivity contribution in [3.8, 4) is 0 Å². The van der Waals surface area contributed by atoms with Gasteiger partial charge in [-0.05, 0) is 6.42 Å². The maximum absolute atomic E-state index is 15.8. The van der Waals surface area contributed by atoms with Crippen molar-refractivity contribution >= 4 is 52.7 Å². The van der Waals surface area contributed by atoms with Crippen LogP contribution in [0.2, 0.25) is 0 Å². The van der Waals surface area contributed by atoms with Gasteiger partial charge in [0.1, 0.15) is 30.2 Å². The average Bonchev–Trinajstić information content (AvgIpc) is 3.73. The van der Waals surface area contributed by atoms with Gasteiger partial charge >= 0.3 is 7.82 Å². The zero-order valence-corrected chi connectivity index (χ0v) is 23.9. The van der Waals surface area contributed by atoms with Gasteiger partial charge in [0.2, 0.25) is 0 Å². The Labute approximate surface area is 245 Å². The third-order valence-corrected chi connectivity index (χ3v) is 9.79. The normalized spacial score (nSPS) is 37.2. The molecule has 4 aliphatic rings. The fourth-order valence-electron chi connectivity index (χ4n) is 5.51. The van der Waals surface area contributed by atoms with E-state index in [0.717, 1.165) is 28.1 Å². The van der Waals surface area contributed by atoms with Gasteiger partial charge in [0.25, 0.3) is 10.1 Å². The Morgan fingerprint density at radius 2 is 1.75 bits per heavy atom. The molecule has 7 heterocycles. The Morgan fingerprint density at radius 1 is 1.02 bits per heavy atom. The summed E-state index contributed by atoms with van der Waals surface area (Å²) < 4.78 is 99.9. The summed E-state index contributed by atoms with van der Waals surface area (Å²) in [6, 6.07) is 0. The number of imidazole rings is 2. The largest absolute Gasteiger partial charge is 0.472 e. The number of anilines is 1. The van der Waals surface area contributed by atoms with E-state index >= 15 is 8.78 Å². The highest BCUT2D eigenvalue weighted by molar-refractivity contribution is 7.86. The second-order valence-electron chi connectivity index (χ2n) is 10.3. The van der Waals surface area contributed by atoms with Crippen LogP contribution in [-0.4, -0.2) is 103 Å². The van der Waals surface area contributed by atoms with E-state index in [-0.39, 0.29) is 40.7 Å². The lowest BCUT2D eigenvalue weighted by Crippen LogP contribution is -2.39. The zero-order chi connectivity index (χ0) is 31.0. The van der Waals surface area contributed by atoms with Gasteiger partial charge in [0.15, 0.2) is 53.6 Å². The van der Waals surface area contributed by atoms with Crippen LogP contribution < -0.4 is 5.73 Å². The van der Waals surface area contributed by atoms with E-state index in [9.17, 15) is 22.7 Å². The SMILES string of the molecule is Nc1ncnc2c1ncn2[C@@H]1O[C@@H]2COP(=O)(O)O[C@H]3[C@@H](F)[C@H](n4cnc5c4N=CCC5=O)O[C@@H]3CCS(=O)(=O)O[C@H]2[C@H]1F. The molecule has 7 rings (SSSR count). The lowest BCUT2D eigenvalue weighted by Gasteiger charge is -2.25. The molecule has 0 radical (unpaired) electrons. The number of ketones is 1. The van der Waals surface area contributed by atoms with Gasteiger partial charge in [-0.3, -0.25) is 27.2 Å². The first kappa shape index (κ1) is 29.4. The number of carbonyl (C=O) groups is 1. The number of nitrogens with zero attached hydrogens (tertiary/aromatic N) is 7. The fourth-order valence-corrected chi connectivity index (χ4v) is 7.65. The first-order chi connectivity index (χ1) is 20.9. The van der Waals surface area contributed by atoms with Crippen LogP contribution in [0.5, 0.6) is 0 Å². The molecule has 0 aliphatic carbocycles. The van der Waals surface area contributed by atoms with Crippen LogP contribution >= 0.6 is 7.82 Å². The summed E-state index contributed by atoms with van der Waals surface area (Å²) in [7, 11) is -9.64. The van der Waals surface area contributed by atoms with Crippen molar-refractivity contribution in [2.24, 2.45) is 4.99 Å². The van der Waals surface area contributed by atoms with Gasteiger partial charge in [-0.1, -0.05) is 0 Å². The van der Waals surface area contributed by atoms with Crippen LogP contribution in [0.25, 0.3) is 11.2 Å². The van der Waals surface area contributed by atoms with Crippen molar-refractivity contribution in [1.29, 1.82) is 0 Å². The van der Waals surface area contributed by atoms with Crippen molar-refractivity contribution in [3.63, 3.8) is 0 Å². The Bertz CT molecular complexity index is 1820. The third-order valence-electron chi connectivity index (χ3n) is 7.56. The molecule has 0 saturated carbocycles. The van der Waals surface area contributed by atoms with Crippen molar-refractivity contribution in [1.82, 2.24) is 29.1 Å². The molecule has 0 amide bonds. The van der Waals surface area contributed by atoms with Crippen LogP contribution in [0.4, 0.5) is 20.4 Å². The molecular formula is C22H23F2N8O10PS. The minimum Gasteiger partial charge on any atom is -0.382 e. The number of hydrogen-bond donors (Lipinski definition) is 2. The van der Waals surface area contributed by atoms with Gasteiger partial charge < -0.3 is 20.1 Å². The minimum absolute atomic E-state index is 0.0000563. The van der Waals surface area contributed by atoms with Gasteiger partial charge in [-0.15, -0.1) is 0 Å². The van der Waals surface area contributed by atoms with Gasteiger partial charge in [0, 0.05) is 12.6 Å². The smallest absolute Gasteiger partial charge is 0.382 e. The quantitative estimate of drug-likeness (QED) is 0.284. The van der Waals surface area contributed by atoms with Gasteiger partial charge in [-0.2, -0.15) is 8.42 Å². The first-order valence-corrected chi connectivity index (χ1v) is 16.2. The van der Waals surface area contributed by atoms with Crippen molar-refractivity contribution in [2.45, 2.75) is 62.1 Å². The number of hydrogen-bond acceptors (Lipinski definition) is 15. The standard InChI is InChI=1S/C22H23F2N8O10PS/c23-12-16-10(39-21(12)31-7-29-14-9(33)1-3-26-19(14)31)2-4-44(36,37)42-17-11(5-38-43(34,35)41-16)40-22(13(17)24)32-8-30-15-18(25)27-6-28-20(15)32/h3,6-8,10-13,16-17,21-22H,1-2,4-5H2,(H,34,35)(H2,25,27,28)/t10-,11-,12-,13-,16-,17-,21-,22-/m1/s1. The first-order valence-electron chi connectivity index (χ1n) is 13.1. The number of halogens is 2. The van der Waals surface area contributed by atoms with E-state index in [1.54, 1.807) is 0 Å². The van der Waals surface area contributed by atoms with Crippen LogP contribution in [0.3, 0.4) is 0 Å². The molecule has 1 unspecified atom stereocenters. The molecule has 3 aromatic rings. The maximum Gasteiger partial charge on any atom is 0.472 e. The van der Waals surface area contributed by atoms with Crippen LogP contribution in [-0.2, 0) is 37.4 Å². The van der Waals surface area contributed by atoms with E-state index < -0.39 is 85.9 Å². The Morgan fingerprint density at radius 3 is 2.57 bits per heavy atom. The van der Waals surface area contributed by atoms with Crippen molar-refractivity contribution in [2.75, 3.05) is 18.1 Å². The summed E-state index contributed by atoms with van der Waals surface area (Å²) in [6.45, 7) is -0.890. The molecule has 22 heteroatoms. The number of alkyl halides is 2. The molecule has 236 valence electrons. The maximum atomic E-state index is 15.8. The molecule has 44 heavy (non-hydrogen) atoms. The molecule has 3 saturated heterocycles. The minimum atomic E-state index is -5.10. The van der Waals surface area contributed by atoms with Gasteiger partial charge in [0.05, 0.1) is 31.1 Å². The number of Topliss-reactive ketones (excluding diaryl/α,β-unsaturated/α-hetero) is 1. The van der Waals surface area contributed by atoms with E-state index in [4.69, 9.17) is 28.4 Å². The molecule has 9 atom stereocenters. The lowest BCUT2D eigenvalue weighted by atomic mass is 10.1. The van der Waals surface area contributed by atoms with Crippen molar-refractivity contribution in [3.05, 3.63) is 24.7 Å². The second kappa shape index (κ2) is 10.7. The van der Waals surface area contributed by atoms with Crippen LogP contribution in [0.15, 0.2) is 24.0 Å². The van der Waals surface area contributed by atoms with E-state index in [1.165, 1.54) is 6.21 Å². The summed E-state index contributed by atoms with van der Waals surface area (Å²) in [5.41, 5.74) is 5.98. The molecule has 0 bridgehead atoms. The number of fused-ring (bicyclic) bond motifs is 4. The molecule has 4 aliphatic heterocycles. The fraction of sp³-hybridized carbons (Fsp3) is 0.545. The summed E-state index contributed by atoms with van der Waals surface area (Å²) >= 11 is 0. The number of rotatable bonds is 2.